The second-order valence-corrected chi connectivity index (χ2v) is 6.26. The molecule has 0 aliphatic carbocycles. The molecule has 0 radical (unpaired) electrons. The summed E-state index contributed by atoms with van der Waals surface area (Å²) in [7, 11) is 0. The predicted octanol–water partition coefficient (Wildman–Crippen LogP) is 3.69. The number of nitrogens with zero attached hydrogens (tertiary/aromatic N) is 1. The number of benzene rings is 3. The van der Waals surface area contributed by atoms with Gasteiger partial charge < -0.3 is 9.82 Å². The summed E-state index contributed by atoms with van der Waals surface area (Å²) in [5, 5.41) is 3.41. The minimum absolute atomic E-state index is 0.165. The van der Waals surface area contributed by atoms with E-state index in [4.69, 9.17) is 4.84 Å². The fourth-order valence-electron chi connectivity index (χ4n) is 3.38. The average molecular weight is 356 g/mol. The average Bonchev–Trinajstić information content (AvgIpc) is 3.24. The molecule has 0 unspecified atom stereocenters. The summed E-state index contributed by atoms with van der Waals surface area (Å²) < 4.78 is 0. The lowest BCUT2D eigenvalue weighted by Gasteiger charge is -2.11. The Morgan fingerprint density at radius 1 is 0.815 bits per heavy atom. The number of aromatic amines is 1. The van der Waals surface area contributed by atoms with Crippen LogP contribution in [-0.2, 0) is 4.84 Å². The molecule has 0 spiro atoms. The van der Waals surface area contributed by atoms with E-state index in [9.17, 15) is 14.4 Å². The van der Waals surface area contributed by atoms with Gasteiger partial charge in [0.1, 0.15) is 5.69 Å². The Morgan fingerprint density at radius 2 is 1.48 bits per heavy atom. The van der Waals surface area contributed by atoms with Crippen molar-refractivity contribution in [1.82, 2.24) is 10.0 Å². The van der Waals surface area contributed by atoms with E-state index in [-0.39, 0.29) is 16.8 Å². The molecule has 0 fully saturated rings. The number of hydroxylamine groups is 2. The highest BCUT2D eigenvalue weighted by Crippen LogP contribution is 2.27. The molecule has 5 rings (SSSR count). The Bertz CT molecular complexity index is 1240. The number of H-pyrrole nitrogens is 1. The standard InChI is InChI=1S/C21H12N2O4/c24-19-14-7-3-4-8-15(14)20(25)23(19)27-21(26)18-11-16-13-6-2-1-5-12(13)9-10-17(16)22-18/h1-11,22H. The molecule has 2 amide bonds. The third-order valence-corrected chi connectivity index (χ3v) is 4.68. The van der Waals surface area contributed by atoms with Crippen LogP contribution < -0.4 is 0 Å². The van der Waals surface area contributed by atoms with E-state index in [0.717, 1.165) is 21.7 Å². The molecule has 1 N–H and O–H groups in total. The van der Waals surface area contributed by atoms with Gasteiger partial charge in [-0.1, -0.05) is 47.5 Å². The summed E-state index contributed by atoms with van der Waals surface area (Å²) in [6.07, 6.45) is 0. The molecule has 1 aromatic heterocycles. The number of nitrogens with one attached hydrogen (secondary N) is 1. The van der Waals surface area contributed by atoms with Gasteiger partial charge in [0, 0.05) is 10.9 Å². The number of aromatic nitrogens is 1. The first-order valence-corrected chi connectivity index (χ1v) is 8.34. The molecule has 4 aromatic rings. The normalized spacial score (nSPS) is 13.4. The Kier molecular flexibility index (Phi) is 3.14. The molecule has 27 heavy (non-hydrogen) atoms. The van der Waals surface area contributed by atoms with Crippen LogP contribution in [0.25, 0.3) is 21.7 Å². The minimum Gasteiger partial charge on any atom is -0.349 e. The van der Waals surface area contributed by atoms with Gasteiger partial charge in [-0.2, -0.15) is 0 Å². The molecule has 130 valence electrons. The van der Waals surface area contributed by atoms with Gasteiger partial charge in [0.15, 0.2) is 0 Å². The predicted molar refractivity (Wildman–Crippen MR) is 98.2 cm³/mol. The highest BCUT2D eigenvalue weighted by molar-refractivity contribution is 6.21. The lowest BCUT2D eigenvalue weighted by atomic mass is 10.1. The number of amides is 2. The van der Waals surface area contributed by atoms with Gasteiger partial charge in [-0.15, -0.1) is 0 Å². The van der Waals surface area contributed by atoms with Crippen molar-refractivity contribution in [1.29, 1.82) is 0 Å². The third-order valence-electron chi connectivity index (χ3n) is 4.68. The third kappa shape index (κ3) is 2.23. The van der Waals surface area contributed by atoms with E-state index in [2.05, 4.69) is 4.98 Å². The maximum Gasteiger partial charge on any atom is 0.380 e. The van der Waals surface area contributed by atoms with Gasteiger partial charge >= 0.3 is 5.97 Å². The first kappa shape index (κ1) is 15.3. The minimum atomic E-state index is -0.801. The van der Waals surface area contributed by atoms with Gasteiger partial charge in [0.05, 0.1) is 11.1 Å². The SMILES string of the molecule is O=C(ON1C(=O)c2ccccc2C1=O)c1cc2c(ccc3ccccc32)[nH]1. The first-order chi connectivity index (χ1) is 13.1. The number of carbonyl (C=O) groups is 3. The number of carbonyl (C=O) groups excluding carboxylic acids is 3. The topological polar surface area (TPSA) is 79.5 Å². The lowest BCUT2D eigenvalue weighted by molar-refractivity contribution is -0.0587. The second-order valence-electron chi connectivity index (χ2n) is 6.26. The number of hydrogen-bond acceptors (Lipinski definition) is 4. The molecule has 6 heteroatoms. The molecular formula is C21H12N2O4. The highest BCUT2D eigenvalue weighted by Gasteiger charge is 2.39. The van der Waals surface area contributed by atoms with Crippen LogP contribution in [0.1, 0.15) is 31.2 Å². The zero-order chi connectivity index (χ0) is 18.5. The molecule has 3 aromatic carbocycles. The van der Waals surface area contributed by atoms with Crippen molar-refractivity contribution in [2.75, 3.05) is 0 Å². The summed E-state index contributed by atoms with van der Waals surface area (Å²) in [4.78, 5) is 45.3. The van der Waals surface area contributed by atoms with Crippen LogP contribution in [0.4, 0.5) is 0 Å². The fraction of sp³-hybridized carbons (Fsp3) is 0. The molecular weight excluding hydrogens is 344 g/mol. The summed E-state index contributed by atoms with van der Waals surface area (Å²) >= 11 is 0. The highest BCUT2D eigenvalue weighted by atomic mass is 16.7. The second kappa shape index (κ2) is 5.54. The van der Waals surface area contributed by atoms with Crippen molar-refractivity contribution in [2.24, 2.45) is 0 Å². The van der Waals surface area contributed by atoms with Crippen LogP contribution in [0.2, 0.25) is 0 Å². The van der Waals surface area contributed by atoms with E-state index in [1.165, 1.54) is 12.1 Å². The van der Waals surface area contributed by atoms with E-state index in [0.29, 0.717) is 5.06 Å². The Morgan fingerprint density at radius 3 is 2.22 bits per heavy atom. The molecule has 0 bridgehead atoms. The maximum absolute atomic E-state index is 12.5. The van der Waals surface area contributed by atoms with Gasteiger partial charge in [-0.25, -0.2) is 4.79 Å². The Hall–Kier alpha value is -3.93. The van der Waals surface area contributed by atoms with Crippen molar-refractivity contribution in [2.45, 2.75) is 0 Å². The summed E-state index contributed by atoms with van der Waals surface area (Å²) in [5.74, 6) is -2.10. The Labute approximate surface area is 152 Å². The van der Waals surface area contributed by atoms with Gasteiger partial charge in [-0.05, 0) is 35.0 Å². The molecule has 1 aliphatic rings. The van der Waals surface area contributed by atoms with Gasteiger partial charge in [0.2, 0.25) is 0 Å². The van der Waals surface area contributed by atoms with E-state index < -0.39 is 17.8 Å². The van der Waals surface area contributed by atoms with E-state index >= 15 is 0 Å². The van der Waals surface area contributed by atoms with E-state index in [1.807, 2.05) is 36.4 Å². The number of fused-ring (bicyclic) bond motifs is 4. The van der Waals surface area contributed by atoms with Crippen molar-refractivity contribution in [3.8, 4) is 0 Å². The molecule has 0 saturated carbocycles. The van der Waals surface area contributed by atoms with Crippen LogP contribution in [0.3, 0.4) is 0 Å². The number of hydrogen-bond donors (Lipinski definition) is 1. The van der Waals surface area contributed by atoms with E-state index in [1.54, 1.807) is 18.2 Å². The molecule has 6 nitrogen and oxygen atoms in total. The van der Waals surface area contributed by atoms with Crippen molar-refractivity contribution < 1.29 is 19.2 Å². The Balaban J connectivity index is 1.49. The number of imide groups is 1. The van der Waals surface area contributed by atoms with Gasteiger partial charge in [0.25, 0.3) is 11.8 Å². The first-order valence-electron chi connectivity index (χ1n) is 8.34. The van der Waals surface area contributed by atoms with Crippen molar-refractivity contribution >= 4 is 39.5 Å². The van der Waals surface area contributed by atoms with Crippen LogP contribution >= 0.6 is 0 Å². The van der Waals surface area contributed by atoms with Crippen LogP contribution in [0.5, 0.6) is 0 Å². The van der Waals surface area contributed by atoms with Crippen molar-refractivity contribution in [3.63, 3.8) is 0 Å². The summed E-state index contributed by atoms with van der Waals surface area (Å²) in [6, 6.07) is 19.7. The molecule has 0 atom stereocenters. The molecule has 0 saturated heterocycles. The zero-order valence-electron chi connectivity index (χ0n) is 13.9. The zero-order valence-corrected chi connectivity index (χ0v) is 13.9. The quantitative estimate of drug-likeness (QED) is 0.556. The number of rotatable bonds is 2. The largest absolute Gasteiger partial charge is 0.380 e. The fourth-order valence-corrected chi connectivity index (χ4v) is 3.38. The lowest BCUT2D eigenvalue weighted by Crippen LogP contribution is -2.32. The monoisotopic (exact) mass is 356 g/mol. The maximum atomic E-state index is 12.5. The van der Waals surface area contributed by atoms with Crippen molar-refractivity contribution in [3.05, 3.63) is 83.6 Å². The summed E-state index contributed by atoms with van der Waals surface area (Å²) in [6.45, 7) is 0. The molecule has 1 aliphatic heterocycles. The van der Waals surface area contributed by atoms with Gasteiger partial charge in [-0.3, -0.25) is 9.59 Å². The molecule has 2 heterocycles. The van der Waals surface area contributed by atoms with Crippen LogP contribution in [-0.4, -0.2) is 27.8 Å². The summed E-state index contributed by atoms with van der Waals surface area (Å²) in [5.41, 5.74) is 1.37. The van der Waals surface area contributed by atoms with Crippen LogP contribution in [0, 0.1) is 0 Å². The van der Waals surface area contributed by atoms with Crippen LogP contribution in [0.15, 0.2) is 66.7 Å². The smallest absolute Gasteiger partial charge is 0.349 e.